The van der Waals surface area contributed by atoms with Crippen LogP contribution < -0.4 is 5.32 Å². The first-order valence-electron chi connectivity index (χ1n) is 11.7. The van der Waals surface area contributed by atoms with Crippen LogP contribution in [0.5, 0.6) is 0 Å². The summed E-state index contributed by atoms with van der Waals surface area (Å²) in [7, 11) is -3.78. The summed E-state index contributed by atoms with van der Waals surface area (Å²) in [5.74, 6) is -0.294. The van der Waals surface area contributed by atoms with Gasteiger partial charge in [-0.25, -0.2) is 8.42 Å². The molecule has 6 heteroatoms. The number of nitrogens with zero attached hydrogens (tertiary/aromatic N) is 1. The first-order valence-corrected chi connectivity index (χ1v) is 13.2. The number of carbonyl (C=O) groups is 1. The van der Waals surface area contributed by atoms with Crippen molar-refractivity contribution in [2.75, 3.05) is 13.1 Å². The Balaban J connectivity index is 1.46. The Bertz CT molecular complexity index is 1050. The lowest BCUT2D eigenvalue weighted by atomic mass is 10.0. The van der Waals surface area contributed by atoms with E-state index in [-0.39, 0.29) is 11.9 Å². The SMILES string of the molecule is Cc1ccc(C)c(S(=O)(=O)C2(C(=O)NC3CCN(Cc4ccccc4)CC3)CCCC2)c1. The van der Waals surface area contributed by atoms with Gasteiger partial charge >= 0.3 is 0 Å². The third-order valence-electron chi connectivity index (χ3n) is 7.14. The lowest BCUT2D eigenvalue weighted by Crippen LogP contribution is -2.55. The van der Waals surface area contributed by atoms with Gasteiger partial charge in [0.1, 0.15) is 0 Å². The lowest BCUT2D eigenvalue weighted by molar-refractivity contribution is -0.124. The second kappa shape index (κ2) is 9.36. The molecule has 4 rings (SSSR count). The first-order chi connectivity index (χ1) is 15.3. The number of likely N-dealkylation sites (tertiary alicyclic amines) is 1. The summed E-state index contributed by atoms with van der Waals surface area (Å²) in [5.41, 5.74) is 2.90. The van der Waals surface area contributed by atoms with Gasteiger partial charge in [0.25, 0.3) is 0 Å². The van der Waals surface area contributed by atoms with E-state index in [9.17, 15) is 13.2 Å². The minimum Gasteiger partial charge on any atom is -0.352 e. The lowest BCUT2D eigenvalue weighted by Gasteiger charge is -2.35. The molecule has 1 aliphatic carbocycles. The zero-order valence-electron chi connectivity index (χ0n) is 19.1. The number of rotatable bonds is 6. The molecule has 2 aliphatic rings. The molecule has 5 nitrogen and oxygen atoms in total. The molecular formula is C26H34N2O3S. The van der Waals surface area contributed by atoms with E-state index in [0.717, 1.165) is 50.9 Å². The maximum Gasteiger partial charge on any atom is 0.242 e. The Kier molecular flexibility index (Phi) is 6.72. The van der Waals surface area contributed by atoms with Crippen LogP contribution in [0, 0.1) is 13.8 Å². The molecule has 1 saturated carbocycles. The quantitative estimate of drug-likeness (QED) is 0.711. The highest BCUT2D eigenvalue weighted by Crippen LogP contribution is 2.42. The summed E-state index contributed by atoms with van der Waals surface area (Å²) in [5, 5.41) is 3.15. The van der Waals surface area contributed by atoms with Crippen molar-refractivity contribution >= 4 is 15.7 Å². The number of amides is 1. The summed E-state index contributed by atoms with van der Waals surface area (Å²) in [6, 6.07) is 15.9. The van der Waals surface area contributed by atoms with Gasteiger partial charge in [-0.05, 0) is 62.3 Å². The maximum absolute atomic E-state index is 13.8. The van der Waals surface area contributed by atoms with Crippen molar-refractivity contribution in [3.63, 3.8) is 0 Å². The Morgan fingerprint density at radius 2 is 1.69 bits per heavy atom. The van der Waals surface area contributed by atoms with Crippen LogP contribution in [-0.4, -0.2) is 43.1 Å². The fourth-order valence-corrected chi connectivity index (χ4v) is 7.55. The van der Waals surface area contributed by atoms with Crippen molar-refractivity contribution in [2.24, 2.45) is 0 Å². The predicted octanol–water partition coefficient (Wildman–Crippen LogP) is 4.17. The molecule has 2 aromatic rings. The summed E-state index contributed by atoms with van der Waals surface area (Å²) < 4.78 is 26.3. The summed E-state index contributed by atoms with van der Waals surface area (Å²) >= 11 is 0. The zero-order valence-corrected chi connectivity index (χ0v) is 20.0. The number of hydrogen-bond acceptors (Lipinski definition) is 4. The standard InChI is InChI=1S/C26H34N2O3S/c1-20-10-11-21(2)24(18-20)32(30,31)26(14-6-7-15-26)25(29)27-23-12-16-28(17-13-23)19-22-8-4-3-5-9-22/h3-5,8-11,18,23H,6-7,12-17,19H2,1-2H3,(H,27,29). The van der Waals surface area contributed by atoms with E-state index in [1.807, 2.05) is 32.0 Å². The van der Waals surface area contributed by atoms with Crippen molar-refractivity contribution in [3.05, 3.63) is 65.2 Å². The van der Waals surface area contributed by atoms with Crippen LogP contribution in [0.15, 0.2) is 53.4 Å². The molecule has 0 radical (unpaired) electrons. The number of piperidine rings is 1. The molecule has 2 aromatic carbocycles. The van der Waals surface area contributed by atoms with Crippen molar-refractivity contribution < 1.29 is 13.2 Å². The normalized spacial score (nSPS) is 19.7. The largest absolute Gasteiger partial charge is 0.352 e. The third-order valence-corrected chi connectivity index (χ3v) is 9.79. The average molecular weight is 455 g/mol. The van der Waals surface area contributed by atoms with Gasteiger partial charge in [0.05, 0.1) is 4.90 Å². The van der Waals surface area contributed by atoms with E-state index in [4.69, 9.17) is 0 Å². The number of aryl methyl sites for hydroxylation is 2. The van der Waals surface area contributed by atoms with E-state index in [1.165, 1.54) is 5.56 Å². The monoisotopic (exact) mass is 454 g/mol. The highest BCUT2D eigenvalue weighted by molar-refractivity contribution is 7.93. The fraction of sp³-hybridized carbons (Fsp3) is 0.500. The van der Waals surface area contributed by atoms with Crippen molar-refractivity contribution in [3.8, 4) is 0 Å². The molecule has 0 spiro atoms. The van der Waals surface area contributed by atoms with Gasteiger partial charge in [-0.3, -0.25) is 9.69 Å². The Hall–Kier alpha value is -2.18. The average Bonchev–Trinajstić information content (AvgIpc) is 3.29. The molecule has 1 aliphatic heterocycles. The van der Waals surface area contributed by atoms with Crippen molar-refractivity contribution in [2.45, 2.75) is 74.6 Å². The Morgan fingerprint density at radius 1 is 1.03 bits per heavy atom. The second-order valence-electron chi connectivity index (χ2n) is 9.48. The molecule has 0 aromatic heterocycles. The van der Waals surface area contributed by atoms with Gasteiger partial charge in [-0.2, -0.15) is 0 Å². The minimum absolute atomic E-state index is 0.0285. The summed E-state index contributed by atoms with van der Waals surface area (Å²) in [4.78, 5) is 16.2. The topological polar surface area (TPSA) is 66.5 Å². The molecule has 2 fully saturated rings. The van der Waals surface area contributed by atoms with E-state index < -0.39 is 14.6 Å². The third kappa shape index (κ3) is 4.48. The predicted molar refractivity (Wildman–Crippen MR) is 127 cm³/mol. The Labute approximate surface area is 192 Å². The molecule has 32 heavy (non-hydrogen) atoms. The molecule has 0 unspecified atom stereocenters. The van der Waals surface area contributed by atoms with Gasteiger partial charge in [0.15, 0.2) is 14.6 Å². The van der Waals surface area contributed by atoms with Crippen molar-refractivity contribution in [1.29, 1.82) is 0 Å². The highest BCUT2D eigenvalue weighted by Gasteiger charge is 2.53. The van der Waals surface area contributed by atoms with Gasteiger partial charge in [-0.15, -0.1) is 0 Å². The zero-order chi connectivity index (χ0) is 22.8. The van der Waals surface area contributed by atoms with E-state index in [2.05, 4.69) is 34.5 Å². The van der Waals surface area contributed by atoms with Crippen LogP contribution in [0.2, 0.25) is 0 Å². The second-order valence-corrected chi connectivity index (χ2v) is 11.7. The van der Waals surface area contributed by atoms with Crippen LogP contribution >= 0.6 is 0 Å². The maximum atomic E-state index is 13.8. The van der Waals surface area contributed by atoms with Gasteiger partial charge in [0, 0.05) is 25.7 Å². The van der Waals surface area contributed by atoms with Crippen LogP contribution in [0.3, 0.4) is 0 Å². The fourth-order valence-electron chi connectivity index (χ4n) is 5.17. The van der Waals surface area contributed by atoms with Crippen molar-refractivity contribution in [1.82, 2.24) is 10.2 Å². The van der Waals surface area contributed by atoms with E-state index >= 15 is 0 Å². The summed E-state index contributed by atoms with van der Waals surface area (Å²) in [6.07, 6.45) is 4.04. The smallest absolute Gasteiger partial charge is 0.242 e. The van der Waals surface area contributed by atoms with Crippen LogP contribution in [-0.2, 0) is 21.2 Å². The molecule has 0 atom stereocenters. The van der Waals surface area contributed by atoms with Crippen LogP contribution in [0.1, 0.15) is 55.2 Å². The van der Waals surface area contributed by atoms with Gasteiger partial charge in [-0.1, -0.05) is 55.3 Å². The number of nitrogens with one attached hydrogen (secondary N) is 1. The molecule has 1 N–H and O–H groups in total. The number of hydrogen-bond donors (Lipinski definition) is 1. The van der Waals surface area contributed by atoms with Crippen LogP contribution in [0.25, 0.3) is 0 Å². The molecule has 1 heterocycles. The van der Waals surface area contributed by atoms with Crippen LogP contribution in [0.4, 0.5) is 0 Å². The Morgan fingerprint density at radius 3 is 2.34 bits per heavy atom. The van der Waals surface area contributed by atoms with Gasteiger partial charge in [0.2, 0.25) is 5.91 Å². The molecule has 172 valence electrons. The molecule has 1 amide bonds. The van der Waals surface area contributed by atoms with E-state index in [0.29, 0.717) is 23.3 Å². The molecule has 1 saturated heterocycles. The number of carbonyl (C=O) groups excluding carboxylic acids is 1. The number of benzene rings is 2. The first kappa shape index (κ1) is 23.0. The van der Waals surface area contributed by atoms with Gasteiger partial charge < -0.3 is 5.32 Å². The number of sulfone groups is 1. The molecule has 0 bridgehead atoms. The van der Waals surface area contributed by atoms with E-state index in [1.54, 1.807) is 6.07 Å². The highest BCUT2D eigenvalue weighted by atomic mass is 32.2. The molecular weight excluding hydrogens is 420 g/mol. The minimum atomic E-state index is -3.78. The summed E-state index contributed by atoms with van der Waals surface area (Å²) in [6.45, 7) is 6.41.